The SMILES string of the molecule is CCc1nn(C)c(COc2cncc(Br)c2)c1Br. The second-order valence-electron chi connectivity index (χ2n) is 3.81. The van der Waals surface area contributed by atoms with Gasteiger partial charge in [-0.05, 0) is 44.3 Å². The zero-order valence-corrected chi connectivity index (χ0v) is 13.3. The average molecular weight is 375 g/mol. The fraction of sp³-hybridized carbons (Fsp3) is 0.333. The van der Waals surface area contributed by atoms with E-state index in [1.165, 1.54) is 0 Å². The molecule has 0 atom stereocenters. The van der Waals surface area contributed by atoms with Crippen LogP contribution in [-0.4, -0.2) is 14.8 Å². The van der Waals surface area contributed by atoms with E-state index in [9.17, 15) is 0 Å². The van der Waals surface area contributed by atoms with Gasteiger partial charge in [-0.15, -0.1) is 0 Å². The van der Waals surface area contributed by atoms with Gasteiger partial charge in [-0.25, -0.2) is 0 Å². The topological polar surface area (TPSA) is 39.9 Å². The summed E-state index contributed by atoms with van der Waals surface area (Å²) in [6, 6.07) is 1.89. The molecule has 0 saturated heterocycles. The summed E-state index contributed by atoms with van der Waals surface area (Å²) in [6.45, 7) is 2.54. The smallest absolute Gasteiger partial charge is 0.139 e. The average Bonchev–Trinajstić information content (AvgIpc) is 2.62. The van der Waals surface area contributed by atoms with E-state index in [-0.39, 0.29) is 0 Å². The Morgan fingerprint density at radius 3 is 2.72 bits per heavy atom. The van der Waals surface area contributed by atoms with Crippen LogP contribution in [0.15, 0.2) is 27.4 Å². The van der Waals surface area contributed by atoms with Crippen molar-refractivity contribution < 1.29 is 4.74 Å². The molecule has 0 aliphatic carbocycles. The van der Waals surface area contributed by atoms with Gasteiger partial charge in [0.15, 0.2) is 0 Å². The highest BCUT2D eigenvalue weighted by molar-refractivity contribution is 9.10. The molecule has 18 heavy (non-hydrogen) atoms. The predicted octanol–water partition coefficient (Wildman–Crippen LogP) is 3.48. The van der Waals surface area contributed by atoms with Gasteiger partial charge in [0.25, 0.3) is 0 Å². The lowest BCUT2D eigenvalue weighted by Gasteiger charge is -2.06. The first-order valence-electron chi connectivity index (χ1n) is 5.55. The molecule has 2 aromatic heterocycles. The van der Waals surface area contributed by atoms with Gasteiger partial charge in [-0.3, -0.25) is 9.67 Å². The lowest BCUT2D eigenvalue weighted by molar-refractivity contribution is 0.292. The van der Waals surface area contributed by atoms with Crippen molar-refractivity contribution in [1.82, 2.24) is 14.8 Å². The van der Waals surface area contributed by atoms with E-state index in [1.54, 1.807) is 12.4 Å². The van der Waals surface area contributed by atoms with Gasteiger partial charge >= 0.3 is 0 Å². The first-order valence-corrected chi connectivity index (χ1v) is 7.14. The van der Waals surface area contributed by atoms with Crippen LogP contribution in [0.1, 0.15) is 18.3 Å². The first kappa shape index (κ1) is 13.5. The summed E-state index contributed by atoms with van der Waals surface area (Å²) in [5, 5.41) is 4.42. The van der Waals surface area contributed by atoms with E-state index in [2.05, 4.69) is 48.9 Å². The molecule has 0 radical (unpaired) electrons. The van der Waals surface area contributed by atoms with Gasteiger partial charge in [0.05, 0.1) is 22.1 Å². The van der Waals surface area contributed by atoms with Crippen molar-refractivity contribution in [3.05, 3.63) is 38.8 Å². The monoisotopic (exact) mass is 373 g/mol. The standard InChI is InChI=1S/C12H13Br2N3O/c1-3-10-12(14)11(17(2)16-10)7-18-9-4-8(13)5-15-6-9/h4-6H,3,7H2,1-2H3. The number of pyridine rings is 1. The number of hydrogen-bond donors (Lipinski definition) is 0. The first-order chi connectivity index (χ1) is 8.61. The van der Waals surface area contributed by atoms with E-state index in [0.29, 0.717) is 6.61 Å². The van der Waals surface area contributed by atoms with Crippen molar-refractivity contribution in [2.45, 2.75) is 20.0 Å². The molecule has 0 saturated carbocycles. The zero-order valence-electron chi connectivity index (χ0n) is 10.2. The predicted molar refractivity (Wildman–Crippen MR) is 76.6 cm³/mol. The maximum absolute atomic E-state index is 5.71. The van der Waals surface area contributed by atoms with Crippen molar-refractivity contribution >= 4 is 31.9 Å². The third-order valence-electron chi connectivity index (χ3n) is 2.56. The summed E-state index contributed by atoms with van der Waals surface area (Å²) in [4.78, 5) is 4.06. The largest absolute Gasteiger partial charge is 0.486 e. The van der Waals surface area contributed by atoms with Gasteiger partial charge in [0.1, 0.15) is 12.4 Å². The van der Waals surface area contributed by atoms with Crippen LogP contribution < -0.4 is 4.74 Å². The quantitative estimate of drug-likeness (QED) is 0.822. The second kappa shape index (κ2) is 5.84. The number of aromatic nitrogens is 3. The Morgan fingerprint density at radius 2 is 2.11 bits per heavy atom. The molecule has 0 unspecified atom stereocenters. The van der Waals surface area contributed by atoms with Crippen LogP contribution in [0.2, 0.25) is 0 Å². The van der Waals surface area contributed by atoms with Crippen LogP contribution in [0, 0.1) is 0 Å². The van der Waals surface area contributed by atoms with E-state index in [4.69, 9.17) is 4.74 Å². The number of ether oxygens (including phenoxy) is 1. The minimum absolute atomic E-state index is 0.461. The Morgan fingerprint density at radius 1 is 1.33 bits per heavy atom. The Labute approximate surface area is 123 Å². The molecular formula is C12H13Br2N3O. The summed E-state index contributed by atoms with van der Waals surface area (Å²) in [7, 11) is 1.92. The van der Waals surface area contributed by atoms with Gasteiger partial charge in [-0.1, -0.05) is 6.92 Å². The highest BCUT2D eigenvalue weighted by atomic mass is 79.9. The molecule has 0 amide bonds. The van der Waals surface area contributed by atoms with Gasteiger partial charge in [0, 0.05) is 17.7 Å². The van der Waals surface area contributed by atoms with Gasteiger partial charge in [-0.2, -0.15) is 5.10 Å². The molecule has 0 spiro atoms. The Kier molecular flexibility index (Phi) is 4.40. The Bertz CT molecular complexity index is 554. The molecule has 2 rings (SSSR count). The Balaban J connectivity index is 2.13. The van der Waals surface area contributed by atoms with E-state index < -0.39 is 0 Å². The van der Waals surface area contributed by atoms with Crippen LogP contribution in [-0.2, 0) is 20.1 Å². The van der Waals surface area contributed by atoms with Crippen molar-refractivity contribution in [3.8, 4) is 5.75 Å². The fourth-order valence-corrected chi connectivity index (χ4v) is 2.67. The molecule has 0 aliphatic rings. The van der Waals surface area contributed by atoms with E-state index in [0.717, 1.165) is 32.5 Å². The molecule has 0 N–H and O–H groups in total. The summed E-state index contributed by atoms with van der Waals surface area (Å²) < 4.78 is 9.48. The number of hydrogen-bond acceptors (Lipinski definition) is 3. The number of rotatable bonds is 4. The molecule has 4 nitrogen and oxygen atoms in total. The van der Waals surface area contributed by atoms with Crippen LogP contribution in [0.25, 0.3) is 0 Å². The normalized spacial score (nSPS) is 10.7. The second-order valence-corrected chi connectivity index (χ2v) is 5.52. The molecule has 0 aromatic carbocycles. The minimum atomic E-state index is 0.461. The maximum atomic E-state index is 5.71. The summed E-state index contributed by atoms with van der Waals surface area (Å²) in [6.07, 6.45) is 4.31. The van der Waals surface area contributed by atoms with Crippen molar-refractivity contribution in [3.63, 3.8) is 0 Å². The van der Waals surface area contributed by atoms with Crippen molar-refractivity contribution in [2.75, 3.05) is 0 Å². The van der Waals surface area contributed by atoms with Gasteiger partial charge in [0.2, 0.25) is 0 Å². The number of aryl methyl sites for hydroxylation is 2. The molecule has 96 valence electrons. The summed E-state index contributed by atoms with van der Waals surface area (Å²) in [5.74, 6) is 0.732. The Hall–Kier alpha value is -0.880. The summed E-state index contributed by atoms with van der Waals surface area (Å²) >= 11 is 6.93. The van der Waals surface area contributed by atoms with Crippen molar-refractivity contribution in [2.24, 2.45) is 7.05 Å². The van der Waals surface area contributed by atoms with Crippen LogP contribution >= 0.6 is 31.9 Å². The molecule has 0 aliphatic heterocycles. The third-order valence-corrected chi connectivity index (χ3v) is 3.91. The molecule has 6 heteroatoms. The van der Waals surface area contributed by atoms with Crippen LogP contribution in [0.3, 0.4) is 0 Å². The van der Waals surface area contributed by atoms with E-state index in [1.807, 2.05) is 17.8 Å². The molecular weight excluding hydrogens is 362 g/mol. The lowest BCUT2D eigenvalue weighted by atomic mass is 10.3. The van der Waals surface area contributed by atoms with E-state index >= 15 is 0 Å². The highest BCUT2D eigenvalue weighted by Crippen LogP contribution is 2.23. The summed E-state index contributed by atoms with van der Waals surface area (Å²) in [5.41, 5.74) is 2.07. The van der Waals surface area contributed by atoms with Gasteiger partial charge < -0.3 is 4.74 Å². The van der Waals surface area contributed by atoms with Crippen LogP contribution in [0.5, 0.6) is 5.75 Å². The lowest BCUT2D eigenvalue weighted by Crippen LogP contribution is -2.03. The molecule has 0 fully saturated rings. The number of halogens is 2. The molecule has 2 aromatic rings. The zero-order chi connectivity index (χ0) is 13.1. The molecule has 2 heterocycles. The maximum Gasteiger partial charge on any atom is 0.139 e. The third kappa shape index (κ3) is 2.92. The number of nitrogens with zero attached hydrogens (tertiary/aromatic N) is 3. The highest BCUT2D eigenvalue weighted by Gasteiger charge is 2.12. The molecule has 0 bridgehead atoms. The van der Waals surface area contributed by atoms with Crippen LogP contribution in [0.4, 0.5) is 0 Å². The fourth-order valence-electron chi connectivity index (χ4n) is 1.60. The van der Waals surface area contributed by atoms with Crippen molar-refractivity contribution in [1.29, 1.82) is 0 Å². The minimum Gasteiger partial charge on any atom is -0.486 e.